The summed E-state index contributed by atoms with van der Waals surface area (Å²) in [5, 5.41) is 0. The van der Waals surface area contributed by atoms with Gasteiger partial charge in [0.1, 0.15) is 18.8 Å². The molecular formula is C23H32O6. The van der Waals surface area contributed by atoms with Gasteiger partial charge in [0.25, 0.3) is 0 Å². The molecule has 29 heavy (non-hydrogen) atoms. The fourth-order valence-corrected chi connectivity index (χ4v) is 3.31. The number of hydrogen-bond donors (Lipinski definition) is 0. The van der Waals surface area contributed by atoms with Gasteiger partial charge in [-0.05, 0) is 51.5 Å². The molecule has 1 fully saturated rings. The van der Waals surface area contributed by atoms with E-state index in [4.69, 9.17) is 14.2 Å². The summed E-state index contributed by atoms with van der Waals surface area (Å²) in [6.07, 6.45) is 4.20. The quantitative estimate of drug-likeness (QED) is 0.329. The van der Waals surface area contributed by atoms with Crippen LogP contribution in [0.1, 0.15) is 71.3 Å². The van der Waals surface area contributed by atoms with Gasteiger partial charge < -0.3 is 14.2 Å². The summed E-state index contributed by atoms with van der Waals surface area (Å²) in [6.45, 7) is 5.51. The van der Waals surface area contributed by atoms with Gasteiger partial charge in [0.05, 0.1) is 18.3 Å². The summed E-state index contributed by atoms with van der Waals surface area (Å²) >= 11 is 0. The van der Waals surface area contributed by atoms with Crippen molar-refractivity contribution in [2.24, 2.45) is 5.41 Å². The van der Waals surface area contributed by atoms with Gasteiger partial charge in [0.2, 0.25) is 0 Å². The summed E-state index contributed by atoms with van der Waals surface area (Å²) in [6, 6.07) is 9.77. The fraction of sp³-hybridized carbons (Fsp3) is 0.609. The predicted octanol–water partition coefficient (Wildman–Crippen LogP) is 4.30. The van der Waals surface area contributed by atoms with Gasteiger partial charge in [-0.25, -0.2) is 0 Å². The van der Waals surface area contributed by atoms with Crippen LogP contribution in [0.4, 0.5) is 0 Å². The minimum Gasteiger partial charge on any atom is -0.462 e. The Balaban J connectivity index is 1.72. The molecule has 160 valence electrons. The van der Waals surface area contributed by atoms with Gasteiger partial charge >= 0.3 is 17.9 Å². The molecule has 0 unspecified atom stereocenters. The number of hydrogen-bond acceptors (Lipinski definition) is 6. The van der Waals surface area contributed by atoms with Crippen LogP contribution in [0.3, 0.4) is 0 Å². The summed E-state index contributed by atoms with van der Waals surface area (Å²) in [4.78, 5) is 36.1. The zero-order chi connectivity index (χ0) is 21.3. The van der Waals surface area contributed by atoms with E-state index >= 15 is 0 Å². The van der Waals surface area contributed by atoms with Gasteiger partial charge in [-0.15, -0.1) is 0 Å². The molecule has 1 aromatic carbocycles. The number of carbonyl (C=O) groups is 3. The molecule has 0 bridgehead atoms. The minimum absolute atomic E-state index is 0.00949. The van der Waals surface area contributed by atoms with Gasteiger partial charge in [0, 0.05) is 0 Å². The van der Waals surface area contributed by atoms with Crippen LogP contribution in [-0.2, 0) is 34.2 Å². The molecule has 1 aliphatic rings. The Labute approximate surface area is 172 Å². The zero-order valence-electron chi connectivity index (χ0n) is 17.7. The zero-order valence-corrected chi connectivity index (χ0v) is 17.7. The van der Waals surface area contributed by atoms with Crippen LogP contribution in [0.25, 0.3) is 0 Å². The highest BCUT2D eigenvalue weighted by atomic mass is 16.6. The van der Waals surface area contributed by atoms with Gasteiger partial charge in [-0.3, -0.25) is 14.4 Å². The van der Waals surface area contributed by atoms with Crippen LogP contribution in [0, 0.1) is 5.41 Å². The lowest BCUT2D eigenvalue weighted by atomic mass is 9.91. The lowest BCUT2D eigenvalue weighted by molar-refractivity contribution is -0.164. The van der Waals surface area contributed by atoms with Crippen LogP contribution in [0.2, 0.25) is 0 Å². The molecule has 0 atom stereocenters. The first-order valence-corrected chi connectivity index (χ1v) is 10.4. The maximum atomic E-state index is 12.3. The van der Waals surface area contributed by atoms with Crippen LogP contribution in [-0.4, -0.2) is 31.1 Å². The molecule has 1 saturated carbocycles. The van der Waals surface area contributed by atoms with E-state index in [2.05, 4.69) is 0 Å². The van der Waals surface area contributed by atoms with Crippen LogP contribution >= 0.6 is 0 Å². The Morgan fingerprint density at radius 3 is 2.14 bits per heavy atom. The SMILES string of the molecule is CCC(C)(C)C(=O)OCCOC(=O)CCC(=O)OC1(c2ccccc2)CCCC1. The van der Waals surface area contributed by atoms with Crippen LogP contribution in [0.5, 0.6) is 0 Å². The maximum absolute atomic E-state index is 12.3. The molecule has 0 spiro atoms. The third-order valence-corrected chi connectivity index (χ3v) is 5.57. The van der Waals surface area contributed by atoms with E-state index in [9.17, 15) is 14.4 Å². The van der Waals surface area contributed by atoms with Crippen LogP contribution in [0.15, 0.2) is 30.3 Å². The van der Waals surface area contributed by atoms with E-state index in [1.165, 1.54) is 0 Å². The maximum Gasteiger partial charge on any atom is 0.311 e. The van der Waals surface area contributed by atoms with E-state index in [-0.39, 0.29) is 32.0 Å². The van der Waals surface area contributed by atoms with E-state index in [1.807, 2.05) is 37.3 Å². The monoisotopic (exact) mass is 404 g/mol. The van der Waals surface area contributed by atoms with Crippen molar-refractivity contribution < 1.29 is 28.6 Å². The normalized spacial score (nSPS) is 15.6. The summed E-state index contributed by atoms with van der Waals surface area (Å²) < 4.78 is 16.0. The average Bonchev–Trinajstić information content (AvgIpc) is 3.19. The van der Waals surface area contributed by atoms with Crippen molar-refractivity contribution in [2.45, 2.75) is 71.3 Å². The Bertz CT molecular complexity index is 689. The van der Waals surface area contributed by atoms with E-state index < -0.39 is 23.0 Å². The Morgan fingerprint density at radius 2 is 1.52 bits per heavy atom. The molecular weight excluding hydrogens is 372 g/mol. The first-order chi connectivity index (χ1) is 13.8. The number of carbonyl (C=O) groups excluding carboxylic acids is 3. The first kappa shape index (κ1) is 22.9. The Kier molecular flexibility index (Phi) is 8.23. The number of benzene rings is 1. The van der Waals surface area contributed by atoms with Gasteiger partial charge in [0.15, 0.2) is 0 Å². The molecule has 6 heteroatoms. The molecule has 0 aliphatic heterocycles. The highest BCUT2D eigenvalue weighted by Gasteiger charge is 2.39. The molecule has 0 heterocycles. The third kappa shape index (κ3) is 6.58. The predicted molar refractivity (Wildman–Crippen MR) is 108 cm³/mol. The topological polar surface area (TPSA) is 78.9 Å². The third-order valence-electron chi connectivity index (χ3n) is 5.57. The molecule has 0 N–H and O–H groups in total. The van der Waals surface area contributed by atoms with Crippen molar-refractivity contribution in [2.75, 3.05) is 13.2 Å². The molecule has 0 radical (unpaired) electrons. The summed E-state index contributed by atoms with van der Waals surface area (Å²) in [7, 11) is 0. The fourth-order valence-electron chi connectivity index (χ4n) is 3.31. The second kappa shape index (κ2) is 10.4. The molecule has 0 saturated heterocycles. The molecule has 1 aromatic rings. The van der Waals surface area contributed by atoms with Crippen molar-refractivity contribution >= 4 is 17.9 Å². The highest BCUT2D eigenvalue weighted by Crippen LogP contribution is 2.42. The average molecular weight is 405 g/mol. The molecule has 2 rings (SSSR count). The lowest BCUT2D eigenvalue weighted by Crippen LogP contribution is -2.29. The number of esters is 3. The van der Waals surface area contributed by atoms with Crippen molar-refractivity contribution in [1.82, 2.24) is 0 Å². The van der Waals surface area contributed by atoms with E-state index in [0.29, 0.717) is 6.42 Å². The van der Waals surface area contributed by atoms with E-state index in [1.54, 1.807) is 13.8 Å². The first-order valence-electron chi connectivity index (χ1n) is 10.4. The summed E-state index contributed by atoms with van der Waals surface area (Å²) in [5.74, 6) is -1.22. The Hall–Kier alpha value is -2.37. The van der Waals surface area contributed by atoms with Crippen molar-refractivity contribution in [3.05, 3.63) is 35.9 Å². The van der Waals surface area contributed by atoms with Crippen molar-refractivity contribution in [3.8, 4) is 0 Å². The van der Waals surface area contributed by atoms with Gasteiger partial charge in [-0.1, -0.05) is 37.3 Å². The number of rotatable bonds is 10. The van der Waals surface area contributed by atoms with Crippen molar-refractivity contribution in [3.63, 3.8) is 0 Å². The summed E-state index contributed by atoms with van der Waals surface area (Å²) in [5.41, 5.74) is -0.129. The Morgan fingerprint density at radius 1 is 0.931 bits per heavy atom. The molecule has 0 amide bonds. The van der Waals surface area contributed by atoms with Gasteiger partial charge in [-0.2, -0.15) is 0 Å². The molecule has 1 aliphatic carbocycles. The molecule has 0 aromatic heterocycles. The minimum atomic E-state index is -0.581. The van der Waals surface area contributed by atoms with E-state index in [0.717, 1.165) is 31.2 Å². The van der Waals surface area contributed by atoms with Crippen molar-refractivity contribution in [1.29, 1.82) is 0 Å². The lowest BCUT2D eigenvalue weighted by Gasteiger charge is -2.29. The smallest absolute Gasteiger partial charge is 0.311 e. The molecule has 6 nitrogen and oxygen atoms in total. The number of ether oxygens (including phenoxy) is 3. The second-order valence-corrected chi connectivity index (χ2v) is 8.14. The largest absolute Gasteiger partial charge is 0.462 e. The highest BCUT2D eigenvalue weighted by molar-refractivity contribution is 5.78. The standard InChI is InChI=1S/C23H32O6/c1-4-22(2,3)21(26)28-17-16-27-19(24)12-13-20(25)29-23(14-8-9-15-23)18-10-6-5-7-11-18/h5-7,10-11H,4,8-9,12-17H2,1-3H3. The second-order valence-electron chi connectivity index (χ2n) is 8.14. The van der Waals surface area contributed by atoms with Crippen LogP contribution < -0.4 is 0 Å².